The molecule has 1 heteroatoms. The van der Waals surface area contributed by atoms with E-state index in [4.69, 9.17) is 4.74 Å². The molecule has 1 unspecified atom stereocenters. The molecular formula is C7H10O. The molecule has 1 atom stereocenters. The first-order valence-electron chi connectivity index (χ1n) is 3.24. The van der Waals surface area contributed by atoms with Crippen molar-refractivity contribution in [3.63, 3.8) is 0 Å². The highest BCUT2D eigenvalue weighted by molar-refractivity contribution is 5.07. The molecular weight excluding hydrogens is 100 g/mol. The third kappa shape index (κ3) is 0.540. The Bertz CT molecular complexity index is 124. The van der Waals surface area contributed by atoms with E-state index in [1.54, 1.807) is 0 Å². The fourth-order valence-electron chi connectivity index (χ4n) is 1.52. The van der Waals surface area contributed by atoms with E-state index in [1.807, 2.05) is 6.26 Å². The highest BCUT2D eigenvalue weighted by atomic mass is 16.5. The molecule has 2 aliphatic rings. The minimum Gasteiger partial charge on any atom is -0.501 e. The van der Waals surface area contributed by atoms with Gasteiger partial charge >= 0.3 is 0 Å². The fraction of sp³-hybridized carbons (Fsp3) is 0.714. The van der Waals surface area contributed by atoms with E-state index in [1.165, 1.54) is 24.8 Å². The largest absolute Gasteiger partial charge is 0.501 e. The van der Waals surface area contributed by atoms with Crippen LogP contribution in [-0.4, -0.2) is 6.61 Å². The Balaban J connectivity index is 2.22. The van der Waals surface area contributed by atoms with Gasteiger partial charge in [0, 0.05) is 0 Å². The molecule has 0 aromatic carbocycles. The molecule has 2 rings (SSSR count). The van der Waals surface area contributed by atoms with Crippen LogP contribution in [-0.2, 0) is 4.74 Å². The van der Waals surface area contributed by atoms with Crippen LogP contribution in [0.15, 0.2) is 11.8 Å². The van der Waals surface area contributed by atoms with Crippen LogP contribution in [0.25, 0.3) is 0 Å². The maximum Gasteiger partial charge on any atom is 0.0904 e. The normalized spacial score (nSPS) is 34.0. The first kappa shape index (κ1) is 4.42. The van der Waals surface area contributed by atoms with E-state index in [-0.39, 0.29) is 0 Å². The zero-order chi connectivity index (χ0) is 5.40. The molecule has 0 spiro atoms. The van der Waals surface area contributed by atoms with Gasteiger partial charge in [-0.2, -0.15) is 0 Å². The zero-order valence-electron chi connectivity index (χ0n) is 4.89. The summed E-state index contributed by atoms with van der Waals surface area (Å²) in [6.07, 6.45) is 5.93. The van der Waals surface area contributed by atoms with Gasteiger partial charge in [0.05, 0.1) is 12.9 Å². The number of rotatable bonds is 0. The minimum atomic E-state index is 0.870. The molecule has 2 bridgehead atoms. The predicted molar refractivity (Wildman–Crippen MR) is 31.4 cm³/mol. The van der Waals surface area contributed by atoms with Crippen LogP contribution in [0.5, 0.6) is 0 Å². The molecule has 0 radical (unpaired) electrons. The van der Waals surface area contributed by atoms with E-state index in [0.717, 1.165) is 12.5 Å². The Kier molecular flexibility index (Phi) is 0.833. The first-order chi connectivity index (χ1) is 3.95. The van der Waals surface area contributed by atoms with Gasteiger partial charge in [0.1, 0.15) is 0 Å². The molecule has 1 fully saturated rings. The third-order valence-electron chi connectivity index (χ3n) is 2.01. The Hall–Kier alpha value is -0.460. The zero-order valence-corrected chi connectivity index (χ0v) is 4.89. The monoisotopic (exact) mass is 110 g/mol. The minimum absolute atomic E-state index is 0.870. The molecule has 0 N–H and O–H groups in total. The van der Waals surface area contributed by atoms with Gasteiger partial charge in [-0.05, 0) is 30.8 Å². The van der Waals surface area contributed by atoms with Crippen LogP contribution in [0.4, 0.5) is 0 Å². The van der Waals surface area contributed by atoms with Crippen LogP contribution in [0.2, 0.25) is 0 Å². The molecule has 1 aliphatic carbocycles. The lowest BCUT2D eigenvalue weighted by Crippen LogP contribution is -2.04. The maximum atomic E-state index is 5.19. The summed E-state index contributed by atoms with van der Waals surface area (Å²) in [4.78, 5) is 0. The summed E-state index contributed by atoms with van der Waals surface area (Å²) in [7, 11) is 0. The van der Waals surface area contributed by atoms with Crippen LogP contribution >= 0.6 is 0 Å². The Morgan fingerprint density at radius 3 is 3.38 bits per heavy atom. The summed E-state index contributed by atoms with van der Waals surface area (Å²) in [5.41, 5.74) is 1.53. The van der Waals surface area contributed by atoms with E-state index in [9.17, 15) is 0 Å². The Labute approximate surface area is 49.3 Å². The second-order valence-electron chi connectivity index (χ2n) is 2.72. The van der Waals surface area contributed by atoms with E-state index >= 15 is 0 Å². The number of hydrogen-bond donors (Lipinski definition) is 0. The molecule has 1 heterocycles. The van der Waals surface area contributed by atoms with Crippen molar-refractivity contribution in [2.75, 3.05) is 6.61 Å². The number of hydrogen-bond acceptors (Lipinski definition) is 1. The molecule has 0 aromatic heterocycles. The van der Waals surface area contributed by atoms with Crippen LogP contribution in [0.3, 0.4) is 0 Å². The van der Waals surface area contributed by atoms with Gasteiger partial charge in [0.2, 0.25) is 0 Å². The van der Waals surface area contributed by atoms with Gasteiger partial charge in [-0.15, -0.1) is 0 Å². The van der Waals surface area contributed by atoms with E-state index in [0.29, 0.717) is 0 Å². The lowest BCUT2D eigenvalue weighted by Gasteiger charge is -2.11. The molecule has 0 amide bonds. The van der Waals surface area contributed by atoms with Crippen molar-refractivity contribution in [1.82, 2.24) is 0 Å². The summed E-state index contributed by atoms with van der Waals surface area (Å²) in [5.74, 6) is 0.870. The molecule has 8 heavy (non-hydrogen) atoms. The van der Waals surface area contributed by atoms with Crippen molar-refractivity contribution in [2.45, 2.75) is 19.3 Å². The standard InChI is InChI=1S/C7H10O/c1-2-7-3-6(1)4-8-5-7/h4,7H,1-3,5H2. The molecule has 0 aromatic rings. The smallest absolute Gasteiger partial charge is 0.0904 e. The second-order valence-corrected chi connectivity index (χ2v) is 2.72. The van der Waals surface area contributed by atoms with Crippen molar-refractivity contribution in [2.24, 2.45) is 5.92 Å². The molecule has 1 saturated carbocycles. The number of allylic oxidation sites excluding steroid dienone is 1. The summed E-state index contributed by atoms with van der Waals surface area (Å²) in [6, 6.07) is 0. The Morgan fingerprint density at radius 1 is 1.62 bits per heavy atom. The second kappa shape index (κ2) is 1.51. The lowest BCUT2D eigenvalue weighted by molar-refractivity contribution is 0.185. The lowest BCUT2D eigenvalue weighted by atomic mass is 10.1. The summed E-state index contributed by atoms with van der Waals surface area (Å²) in [6.45, 7) is 0.976. The van der Waals surface area contributed by atoms with Gasteiger partial charge in [-0.25, -0.2) is 0 Å². The molecule has 0 saturated heterocycles. The SMILES string of the molecule is C1=C2CCC(CO1)C2. The average molecular weight is 110 g/mol. The van der Waals surface area contributed by atoms with Crippen molar-refractivity contribution in [3.05, 3.63) is 11.8 Å². The predicted octanol–water partition coefficient (Wildman–Crippen LogP) is 1.70. The van der Waals surface area contributed by atoms with Crippen molar-refractivity contribution in [3.8, 4) is 0 Å². The highest BCUT2D eigenvalue weighted by Gasteiger charge is 2.22. The van der Waals surface area contributed by atoms with E-state index in [2.05, 4.69) is 0 Å². The fourth-order valence-corrected chi connectivity index (χ4v) is 1.52. The van der Waals surface area contributed by atoms with Crippen molar-refractivity contribution >= 4 is 0 Å². The van der Waals surface area contributed by atoms with Gasteiger partial charge < -0.3 is 4.74 Å². The van der Waals surface area contributed by atoms with Gasteiger partial charge in [0.25, 0.3) is 0 Å². The average Bonchev–Trinajstić information content (AvgIpc) is 2.12. The van der Waals surface area contributed by atoms with Gasteiger partial charge in [-0.1, -0.05) is 0 Å². The quantitative estimate of drug-likeness (QED) is 0.461. The third-order valence-corrected chi connectivity index (χ3v) is 2.01. The van der Waals surface area contributed by atoms with Crippen LogP contribution in [0.1, 0.15) is 19.3 Å². The topological polar surface area (TPSA) is 9.23 Å². The van der Waals surface area contributed by atoms with Crippen molar-refractivity contribution in [1.29, 1.82) is 0 Å². The maximum absolute atomic E-state index is 5.19. The molecule has 44 valence electrons. The van der Waals surface area contributed by atoms with Crippen molar-refractivity contribution < 1.29 is 4.74 Å². The molecule has 1 nitrogen and oxygen atoms in total. The van der Waals surface area contributed by atoms with E-state index < -0.39 is 0 Å². The van der Waals surface area contributed by atoms with Gasteiger partial charge in [0.15, 0.2) is 0 Å². The number of ether oxygens (including phenoxy) is 1. The highest BCUT2D eigenvalue weighted by Crippen LogP contribution is 2.33. The number of fused-ring (bicyclic) bond motifs is 2. The summed E-state index contributed by atoms with van der Waals surface area (Å²) < 4.78 is 5.19. The Morgan fingerprint density at radius 2 is 2.62 bits per heavy atom. The first-order valence-corrected chi connectivity index (χ1v) is 3.24. The van der Waals surface area contributed by atoms with Crippen LogP contribution < -0.4 is 0 Å². The summed E-state index contributed by atoms with van der Waals surface area (Å²) in [5, 5.41) is 0. The van der Waals surface area contributed by atoms with Crippen LogP contribution in [0, 0.1) is 5.92 Å². The molecule has 1 aliphatic heterocycles. The van der Waals surface area contributed by atoms with Gasteiger partial charge in [-0.3, -0.25) is 0 Å². The summed E-state index contributed by atoms with van der Waals surface area (Å²) >= 11 is 0.